The van der Waals surface area contributed by atoms with Gasteiger partial charge < -0.3 is 169 Å². The van der Waals surface area contributed by atoms with E-state index in [1.165, 1.54) is 19.3 Å². The van der Waals surface area contributed by atoms with E-state index in [1.807, 2.05) is 0 Å². The van der Waals surface area contributed by atoms with Gasteiger partial charge >= 0.3 is 18.0 Å². The van der Waals surface area contributed by atoms with Crippen LogP contribution in [0.3, 0.4) is 0 Å². The minimum atomic E-state index is -0.282. The van der Waals surface area contributed by atoms with Crippen LogP contribution in [-0.2, 0) is 114 Å². The van der Waals surface area contributed by atoms with Crippen LogP contribution in [0, 0.1) is 0 Å². The molecular formula is C84H155Cl6N15O32P2. The van der Waals surface area contributed by atoms with Crippen LogP contribution in [0.5, 0.6) is 18.0 Å². The fraction of sp³-hybridized carbons (Fsp3) is 0.857. The lowest BCUT2D eigenvalue weighted by Gasteiger charge is -2.17. The number of aromatic nitrogens is 12. The molecule has 0 aliphatic carbocycles. The fourth-order valence-electron chi connectivity index (χ4n) is 9.91. The molecule has 0 spiro atoms. The molecule has 2 unspecified atom stereocenters. The maximum atomic E-state index is 9.23. The summed E-state index contributed by atoms with van der Waals surface area (Å²) in [5.41, 5.74) is 0. The van der Waals surface area contributed by atoms with Crippen molar-refractivity contribution in [2.75, 3.05) is 417 Å². The normalized spacial score (nSPS) is 12.3. The summed E-state index contributed by atoms with van der Waals surface area (Å²) in [5, 5.41) is 53.4. The summed E-state index contributed by atoms with van der Waals surface area (Å²) in [6, 6.07) is 0.349. The Morgan fingerprint density at radius 2 is 0.482 bits per heavy atom. The van der Waals surface area contributed by atoms with Crippen molar-refractivity contribution in [3.8, 4) is 18.0 Å². The lowest BCUT2D eigenvalue weighted by Crippen LogP contribution is -2.17. The number of halogens is 6. The SMILES string of the molecule is CCCOCCOCCOCCOCCOCCOCCOCCOc1nc(Cl)nc(NCCOCCOCCOCCO)n1.CCCOCCOCCOCCOCCOCCOCCOCCOc1nc(NCCOCCOCCOCCO)nc(OCCCP(CCCO)CCCO)n1.Clc1nc(Cl)nc(Cl)n1.OCCOCCOCCOCCNc1nc(Cl)nc(Cl)n1.PC1CCCCO1. The maximum absolute atomic E-state index is 9.23. The molecule has 5 rings (SSSR count). The minimum absolute atomic E-state index is 0.000000000000000444. The summed E-state index contributed by atoms with van der Waals surface area (Å²) >= 11 is 33.2. The Hall–Kier alpha value is -3.72. The Labute approximate surface area is 851 Å². The van der Waals surface area contributed by atoms with Crippen molar-refractivity contribution in [2.24, 2.45) is 0 Å². The van der Waals surface area contributed by atoms with Gasteiger partial charge in [0, 0.05) is 52.7 Å². The molecule has 810 valence electrons. The third kappa shape index (κ3) is 96.2. The van der Waals surface area contributed by atoms with E-state index in [4.69, 9.17) is 213 Å². The summed E-state index contributed by atoms with van der Waals surface area (Å²) in [4.78, 5) is 46.9. The van der Waals surface area contributed by atoms with Gasteiger partial charge in [0.15, 0.2) is 0 Å². The fourth-order valence-corrected chi connectivity index (χ4v) is 13.8. The zero-order chi connectivity index (χ0) is 101. The zero-order valence-corrected chi connectivity index (χ0v) is 87.4. The van der Waals surface area contributed by atoms with Crippen LogP contribution >= 0.6 is 86.8 Å². The average Bonchev–Trinajstić information content (AvgIpc) is 0.879. The van der Waals surface area contributed by atoms with Crippen LogP contribution < -0.4 is 30.2 Å². The Kier molecular flexibility index (Phi) is 103. The molecule has 0 bridgehead atoms. The van der Waals surface area contributed by atoms with Crippen LogP contribution in [0.4, 0.5) is 17.8 Å². The summed E-state index contributed by atoms with van der Waals surface area (Å²) in [5.74, 6) is 1.33. The highest BCUT2D eigenvalue weighted by Gasteiger charge is 2.15. The Morgan fingerprint density at radius 3 is 0.734 bits per heavy atom. The topological polar surface area (TPSA) is 541 Å². The first-order chi connectivity index (χ1) is 68.3. The molecular weight excluding hydrogens is 2010 g/mol. The molecule has 1 saturated heterocycles. The Balaban J connectivity index is 0.00000102. The average molecular weight is 2160 g/mol. The van der Waals surface area contributed by atoms with Gasteiger partial charge in [-0.2, -0.15) is 54.8 Å². The third-order valence-electron chi connectivity index (χ3n) is 16.3. The molecule has 1 aliphatic rings. The molecule has 139 heavy (non-hydrogen) atoms. The lowest BCUT2D eigenvalue weighted by atomic mass is 10.2. The van der Waals surface area contributed by atoms with Gasteiger partial charge in [0.25, 0.3) is 0 Å². The third-order valence-corrected chi connectivity index (χ3v) is 20.6. The van der Waals surface area contributed by atoms with Gasteiger partial charge in [-0.1, -0.05) is 13.8 Å². The number of hydrogen-bond donors (Lipinski definition) is 8. The Bertz CT molecular complexity index is 3190. The van der Waals surface area contributed by atoms with Gasteiger partial charge in [-0.25, -0.2) is 0 Å². The quantitative estimate of drug-likeness (QED) is 0.0186. The van der Waals surface area contributed by atoms with Crippen molar-refractivity contribution in [1.29, 1.82) is 0 Å². The number of rotatable bonds is 95. The van der Waals surface area contributed by atoms with Gasteiger partial charge in [0.05, 0.1) is 323 Å². The monoisotopic (exact) mass is 2160 g/mol. The van der Waals surface area contributed by atoms with E-state index in [0.29, 0.717) is 335 Å². The van der Waals surface area contributed by atoms with Crippen molar-refractivity contribution >= 4 is 105 Å². The minimum Gasteiger partial charge on any atom is -0.463 e. The van der Waals surface area contributed by atoms with Crippen LogP contribution in [0.25, 0.3) is 0 Å². The van der Waals surface area contributed by atoms with E-state index in [1.54, 1.807) is 0 Å². The molecule has 0 radical (unpaired) electrons. The first-order valence-corrected chi connectivity index (χ1v) is 51.6. The summed E-state index contributed by atoms with van der Waals surface area (Å²) in [7, 11) is 2.40. The van der Waals surface area contributed by atoms with Crippen molar-refractivity contribution in [2.45, 2.75) is 71.1 Å². The second-order valence-electron chi connectivity index (χ2n) is 27.6. The second-order valence-corrected chi connectivity index (χ2v) is 33.1. The van der Waals surface area contributed by atoms with Gasteiger partial charge in [-0.15, -0.1) is 22.1 Å². The van der Waals surface area contributed by atoms with Crippen LogP contribution in [0.1, 0.15) is 65.2 Å². The van der Waals surface area contributed by atoms with Gasteiger partial charge in [-0.3, -0.25) is 0 Å². The molecule has 8 N–H and O–H groups in total. The molecule has 47 nitrogen and oxygen atoms in total. The maximum Gasteiger partial charge on any atom is 0.324 e. The van der Waals surface area contributed by atoms with Crippen molar-refractivity contribution in [3.63, 3.8) is 0 Å². The van der Waals surface area contributed by atoms with Crippen LogP contribution in [-0.4, -0.2) is 493 Å². The first kappa shape index (κ1) is 133. The van der Waals surface area contributed by atoms with E-state index >= 15 is 0 Å². The predicted molar refractivity (Wildman–Crippen MR) is 525 cm³/mol. The number of nitrogens with one attached hydrogen (secondary N) is 3. The number of aliphatic hydroxyl groups excluding tert-OH is 5. The molecule has 5 heterocycles. The predicted octanol–water partition coefficient (Wildman–Crippen LogP) is 5.98. The smallest absolute Gasteiger partial charge is 0.324 e. The number of ether oxygens (including phenoxy) is 27. The van der Waals surface area contributed by atoms with E-state index in [2.05, 4.69) is 98.8 Å². The Morgan fingerprint density at radius 1 is 0.259 bits per heavy atom. The van der Waals surface area contributed by atoms with Crippen LogP contribution in [0.2, 0.25) is 31.7 Å². The number of nitrogens with zero attached hydrogens (tertiary/aromatic N) is 12. The summed E-state index contributed by atoms with van der Waals surface area (Å²) in [6.07, 6.45) is 11.1. The molecule has 1 fully saturated rings. The lowest BCUT2D eigenvalue weighted by molar-refractivity contribution is -0.0212. The van der Waals surface area contributed by atoms with E-state index in [0.717, 1.165) is 70.4 Å². The number of anilines is 3. The number of hydrogen-bond acceptors (Lipinski definition) is 47. The molecule has 1 aliphatic heterocycles. The summed E-state index contributed by atoms with van der Waals surface area (Å²) < 4.78 is 147. The molecule has 4 aromatic rings. The molecule has 2 atom stereocenters. The molecule has 0 amide bonds. The molecule has 55 heteroatoms. The van der Waals surface area contributed by atoms with E-state index in [9.17, 15) is 10.2 Å². The molecule has 0 aromatic carbocycles. The zero-order valence-electron chi connectivity index (χ0n) is 80.8. The van der Waals surface area contributed by atoms with Crippen molar-refractivity contribution < 1.29 is 153 Å². The van der Waals surface area contributed by atoms with Crippen LogP contribution in [0.15, 0.2) is 0 Å². The highest BCUT2D eigenvalue weighted by molar-refractivity contribution is 7.57. The first-order valence-electron chi connectivity index (χ1n) is 46.8. The summed E-state index contributed by atoms with van der Waals surface area (Å²) in [6.45, 7) is 29.6. The molecule has 0 saturated carbocycles. The van der Waals surface area contributed by atoms with E-state index < -0.39 is 0 Å². The van der Waals surface area contributed by atoms with Crippen molar-refractivity contribution in [1.82, 2.24) is 59.8 Å². The largest absolute Gasteiger partial charge is 0.463 e. The van der Waals surface area contributed by atoms with E-state index in [-0.39, 0.29) is 110 Å². The van der Waals surface area contributed by atoms with Gasteiger partial charge in [-0.05, 0) is 139 Å². The highest BCUT2D eigenvalue weighted by atomic mass is 35.5. The standard InChI is InChI=1S/C37H73N4O15P.C28H53ClN4O12.C11H18Cl2N4O4.C5H11OP.C3Cl3N3/c1-2-10-45-14-17-48-20-21-50-22-23-51-24-25-52-26-27-53-28-29-54-30-31-56-37-40-35(38-6-12-46-15-18-49-19-16-47-13-9-44)39-36(41-37)55-11-5-34-57(32-3-7-42)33-4-8-43;1-2-5-35-8-11-38-14-15-40-16-17-41-18-19-42-20-21-43-22-23-44-24-25-45-28-32-26(29)31-27(33-28)30-3-6-36-9-12-39-13-10-37-7-4-34;12-9-15-10(13)17-11(16-9)14-1-3-19-5-7-21-8-6-20-4-2-18;7-5-3-1-2-4-6-5;4-1-7-2(5)9-3(6)8-1/h42-44H,2-34H2,1H3,(H,38,39,40,41);34H,2-25H2,1H3,(H,30,31,32,33);18H,1-8H2,(H,14,15,16,17);5H,1-4,7H2;. The van der Waals surface area contributed by atoms with Crippen molar-refractivity contribution in [3.05, 3.63) is 31.7 Å². The van der Waals surface area contributed by atoms with Gasteiger partial charge in [0.1, 0.15) is 13.2 Å². The molecule has 4 aromatic heterocycles. The highest BCUT2D eigenvalue weighted by Crippen LogP contribution is 2.37. The second kappa shape index (κ2) is 107. The van der Waals surface area contributed by atoms with Gasteiger partial charge in [0.2, 0.25) is 49.5 Å². The number of aliphatic hydroxyl groups is 5.